The van der Waals surface area contributed by atoms with E-state index in [-0.39, 0.29) is 12.0 Å². The second-order valence-corrected chi connectivity index (χ2v) is 8.77. The molecule has 0 bridgehead atoms. The number of ether oxygens (including phenoxy) is 2. The molecule has 2 aromatic heterocycles. The first-order valence-corrected chi connectivity index (χ1v) is 12.0. The number of rotatable bonds is 7. The third-order valence-electron chi connectivity index (χ3n) is 6.18. The number of H-pyrrole nitrogens is 1. The van der Waals surface area contributed by atoms with Crippen molar-refractivity contribution >= 4 is 28.9 Å². The molecule has 1 aromatic carbocycles. The van der Waals surface area contributed by atoms with Crippen molar-refractivity contribution < 1.29 is 14.3 Å². The van der Waals surface area contributed by atoms with Crippen molar-refractivity contribution in [3.05, 3.63) is 58.5 Å². The first kappa shape index (κ1) is 22.7. The fourth-order valence-corrected chi connectivity index (χ4v) is 4.80. The number of nitrogens with one attached hydrogen (secondary N) is 4. The Morgan fingerprint density at radius 3 is 3.03 bits per heavy atom. The molecule has 0 radical (unpaired) electrons. The molecule has 1 fully saturated rings. The van der Waals surface area contributed by atoms with E-state index >= 15 is 0 Å². The molecule has 0 spiro atoms. The van der Waals surface area contributed by atoms with E-state index in [2.05, 4.69) is 32.8 Å². The number of carbonyl (C=O) groups is 1. The summed E-state index contributed by atoms with van der Waals surface area (Å²) >= 11 is 6.47. The van der Waals surface area contributed by atoms with Gasteiger partial charge in [-0.15, -0.1) is 0 Å². The SMILES string of the molecule is CCc1c(Cl)cccc1Nc1c(-c2ccncc2OCC2CNCCO2)[nH]c2c1C(=O)NCC2. The van der Waals surface area contributed by atoms with Crippen LogP contribution in [0.4, 0.5) is 11.4 Å². The Morgan fingerprint density at radius 2 is 2.21 bits per heavy atom. The Labute approximate surface area is 203 Å². The van der Waals surface area contributed by atoms with E-state index in [1.54, 1.807) is 12.4 Å². The molecule has 1 atom stereocenters. The highest BCUT2D eigenvalue weighted by molar-refractivity contribution is 6.31. The van der Waals surface area contributed by atoms with Crippen LogP contribution in [-0.2, 0) is 17.6 Å². The number of morpholine rings is 1. The Balaban J connectivity index is 1.55. The molecule has 5 rings (SSSR count). The van der Waals surface area contributed by atoms with E-state index in [1.807, 2.05) is 24.3 Å². The van der Waals surface area contributed by atoms with Crippen molar-refractivity contribution in [3.8, 4) is 17.0 Å². The monoisotopic (exact) mass is 481 g/mol. The summed E-state index contributed by atoms with van der Waals surface area (Å²) in [5, 5.41) is 10.5. The van der Waals surface area contributed by atoms with Gasteiger partial charge in [0.05, 0.1) is 29.7 Å². The van der Waals surface area contributed by atoms with Crippen molar-refractivity contribution in [2.24, 2.45) is 0 Å². The molecular formula is C25H28ClN5O3. The molecule has 1 amide bonds. The minimum atomic E-state index is -0.107. The Kier molecular flexibility index (Phi) is 6.71. The number of fused-ring (bicyclic) bond motifs is 1. The lowest BCUT2D eigenvalue weighted by Crippen LogP contribution is -2.41. The van der Waals surface area contributed by atoms with Gasteiger partial charge in [0.25, 0.3) is 5.91 Å². The quantitative estimate of drug-likeness (QED) is 0.410. The third kappa shape index (κ3) is 4.49. The van der Waals surface area contributed by atoms with E-state index in [1.165, 1.54) is 0 Å². The van der Waals surface area contributed by atoms with Crippen molar-refractivity contribution in [2.75, 3.05) is 38.2 Å². The molecule has 3 aromatic rings. The highest BCUT2D eigenvalue weighted by Crippen LogP contribution is 2.41. The zero-order valence-corrected chi connectivity index (χ0v) is 19.8. The highest BCUT2D eigenvalue weighted by Gasteiger charge is 2.29. The van der Waals surface area contributed by atoms with Gasteiger partial charge in [0.1, 0.15) is 18.5 Å². The zero-order chi connectivity index (χ0) is 23.5. The second kappa shape index (κ2) is 10.0. The average Bonchev–Trinajstić information content (AvgIpc) is 3.23. The van der Waals surface area contributed by atoms with Crippen molar-refractivity contribution in [2.45, 2.75) is 25.9 Å². The first-order chi connectivity index (χ1) is 16.7. The van der Waals surface area contributed by atoms with Crippen molar-refractivity contribution in [3.63, 3.8) is 0 Å². The number of amides is 1. The zero-order valence-electron chi connectivity index (χ0n) is 19.0. The van der Waals surface area contributed by atoms with E-state index in [9.17, 15) is 4.79 Å². The van der Waals surface area contributed by atoms with Crippen LogP contribution in [0.25, 0.3) is 11.3 Å². The summed E-state index contributed by atoms with van der Waals surface area (Å²) in [6, 6.07) is 7.66. The molecule has 0 aliphatic carbocycles. The number of aromatic amines is 1. The predicted octanol–water partition coefficient (Wildman–Crippen LogP) is 3.69. The summed E-state index contributed by atoms with van der Waals surface area (Å²) in [4.78, 5) is 20.7. The van der Waals surface area contributed by atoms with Gasteiger partial charge in [-0.05, 0) is 30.2 Å². The molecule has 2 aliphatic heterocycles. The van der Waals surface area contributed by atoms with Crippen LogP contribution in [0, 0.1) is 0 Å². The molecule has 8 nitrogen and oxygen atoms in total. The molecule has 4 N–H and O–H groups in total. The van der Waals surface area contributed by atoms with Gasteiger partial charge in [-0.3, -0.25) is 9.78 Å². The molecular weight excluding hydrogens is 454 g/mol. The van der Waals surface area contributed by atoms with Crippen LogP contribution >= 0.6 is 11.6 Å². The number of pyridine rings is 1. The number of carbonyl (C=O) groups excluding carboxylic acids is 1. The maximum atomic E-state index is 12.9. The lowest BCUT2D eigenvalue weighted by molar-refractivity contribution is 0.000245. The topological polar surface area (TPSA) is 100 Å². The number of benzene rings is 1. The van der Waals surface area contributed by atoms with Crippen LogP contribution in [0.2, 0.25) is 5.02 Å². The van der Waals surface area contributed by atoms with Gasteiger partial charge >= 0.3 is 0 Å². The van der Waals surface area contributed by atoms with Gasteiger partial charge in [-0.2, -0.15) is 0 Å². The first-order valence-electron chi connectivity index (χ1n) is 11.6. The van der Waals surface area contributed by atoms with Gasteiger partial charge < -0.3 is 30.4 Å². The number of anilines is 2. The molecule has 2 aliphatic rings. The van der Waals surface area contributed by atoms with Gasteiger partial charge in [0, 0.05) is 54.2 Å². The Hall–Kier alpha value is -3.07. The van der Waals surface area contributed by atoms with Crippen LogP contribution in [0.5, 0.6) is 5.75 Å². The van der Waals surface area contributed by atoms with E-state index in [0.717, 1.165) is 54.1 Å². The van der Waals surface area contributed by atoms with Crippen molar-refractivity contribution in [1.29, 1.82) is 0 Å². The molecule has 178 valence electrons. The number of nitrogens with zero attached hydrogens (tertiary/aromatic N) is 1. The fourth-order valence-electron chi connectivity index (χ4n) is 4.49. The molecule has 34 heavy (non-hydrogen) atoms. The summed E-state index contributed by atoms with van der Waals surface area (Å²) in [5.41, 5.74) is 5.68. The largest absolute Gasteiger partial charge is 0.488 e. The Morgan fingerprint density at radius 1 is 1.29 bits per heavy atom. The molecule has 0 saturated carbocycles. The van der Waals surface area contributed by atoms with Gasteiger partial charge in [-0.25, -0.2) is 0 Å². The highest BCUT2D eigenvalue weighted by atomic mass is 35.5. The number of hydrogen-bond acceptors (Lipinski definition) is 6. The van der Waals surface area contributed by atoms with Gasteiger partial charge in [0.15, 0.2) is 0 Å². The summed E-state index contributed by atoms with van der Waals surface area (Å²) in [6.45, 7) is 5.32. The summed E-state index contributed by atoms with van der Waals surface area (Å²) in [7, 11) is 0. The van der Waals surface area contributed by atoms with E-state index in [0.29, 0.717) is 41.8 Å². The van der Waals surface area contributed by atoms with Crippen LogP contribution in [0.15, 0.2) is 36.7 Å². The normalized spacial score (nSPS) is 17.7. The molecule has 1 unspecified atom stereocenters. The van der Waals surface area contributed by atoms with Crippen molar-refractivity contribution in [1.82, 2.24) is 20.6 Å². The average molecular weight is 482 g/mol. The third-order valence-corrected chi connectivity index (χ3v) is 6.53. The minimum absolute atomic E-state index is 0.0272. The standard InChI is InChI=1S/C25H28ClN5O3/c1-2-16-18(26)4-3-5-19(16)30-24-22-20(7-9-29-25(22)32)31-23(24)17-6-8-27-13-21(17)34-14-15-12-28-10-11-33-15/h3-6,8,13,15,28,30-31H,2,7,9-12,14H2,1H3,(H,29,32). The molecule has 4 heterocycles. The molecule has 9 heteroatoms. The molecule has 1 saturated heterocycles. The number of halogens is 1. The van der Waals surface area contributed by atoms with Gasteiger partial charge in [0.2, 0.25) is 0 Å². The van der Waals surface area contributed by atoms with E-state index < -0.39 is 0 Å². The maximum Gasteiger partial charge on any atom is 0.255 e. The summed E-state index contributed by atoms with van der Waals surface area (Å²) in [5.74, 6) is 0.519. The number of hydrogen-bond donors (Lipinski definition) is 4. The van der Waals surface area contributed by atoms with Crippen LogP contribution in [-0.4, -0.2) is 54.8 Å². The second-order valence-electron chi connectivity index (χ2n) is 8.36. The smallest absolute Gasteiger partial charge is 0.255 e. The summed E-state index contributed by atoms with van der Waals surface area (Å²) < 4.78 is 11.9. The van der Waals surface area contributed by atoms with Crippen LogP contribution < -0.4 is 20.7 Å². The fraction of sp³-hybridized carbons (Fsp3) is 0.360. The maximum absolute atomic E-state index is 12.9. The van der Waals surface area contributed by atoms with Crippen LogP contribution in [0.3, 0.4) is 0 Å². The number of aromatic nitrogens is 2. The lowest BCUT2D eigenvalue weighted by atomic mass is 10.0. The lowest BCUT2D eigenvalue weighted by Gasteiger charge is -2.24. The van der Waals surface area contributed by atoms with Crippen LogP contribution in [0.1, 0.15) is 28.5 Å². The summed E-state index contributed by atoms with van der Waals surface area (Å²) in [6.07, 6.45) is 4.87. The Bertz CT molecular complexity index is 1190. The van der Waals surface area contributed by atoms with E-state index in [4.69, 9.17) is 21.1 Å². The predicted molar refractivity (Wildman–Crippen MR) is 132 cm³/mol. The van der Waals surface area contributed by atoms with Gasteiger partial charge in [-0.1, -0.05) is 24.6 Å². The minimum Gasteiger partial charge on any atom is -0.488 e.